The van der Waals surface area contributed by atoms with Crippen molar-refractivity contribution in [1.29, 1.82) is 0 Å². The molecule has 0 radical (unpaired) electrons. The van der Waals surface area contributed by atoms with E-state index in [4.69, 9.17) is 0 Å². The largest absolute Gasteiger partial charge is 0.295 e. The minimum atomic E-state index is -0.518. The summed E-state index contributed by atoms with van der Waals surface area (Å²) in [4.78, 5) is 28.4. The predicted molar refractivity (Wildman–Crippen MR) is 110 cm³/mol. The molecule has 0 unspecified atom stereocenters. The number of nitrogens with zero attached hydrogens (tertiary/aromatic N) is 2. The Morgan fingerprint density at radius 1 is 1.10 bits per heavy atom. The Bertz CT molecular complexity index is 1000. The van der Waals surface area contributed by atoms with Crippen molar-refractivity contribution < 1.29 is 14.0 Å². The molecule has 6 nitrogen and oxygen atoms in total. The summed E-state index contributed by atoms with van der Waals surface area (Å²) in [7, 11) is 0. The van der Waals surface area contributed by atoms with E-state index in [1.807, 2.05) is 29.0 Å². The maximum Gasteiger partial charge on any atom is 0.269 e. The van der Waals surface area contributed by atoms with Crippen LogP contribution in [0.15, 0.2) is 66.1 Å². The van der Waals surface area contributed by atoms with Crippen molar-refractivity contribution in [1.82, 2.24) is 20.4 Å². The van der Waals surface area contributed by atoms with E-state index in [9.17, 15) is 14.0 Å². The second kappa shape index (κ2) is 9.38. The maximum atomic E-state index is 12.9. The minimum absolute atomic E-state index is 0.0740. The number of hydrogen-bond donors (Lipinski definition) is 2. The van der Waals surface area contributed by atoms with Crippen LogP contribution in [0.3, 0.4) is 0 Å². The maximum absolute atomic E-state index is 12.9. The Kier molecular flexibility index (Phi) is 6.66. The summed E-state index contributed by atoms with van der Waals surface area (Å²) in [6.07, 6.45) is 3.55. The van der Waals surface area contributed by atoms with Crippen molar-refractivity contribution in [2.24, 2.45) is 0 Å². The van der Waals surface area contributed by atoms with Crippen LogP contribution >= 0.6 is 11.8 Å². The Balaban J connectivity index is 1.59. The van der Waals surface area contributed by atoms with Gasteiger partial charge in [-0.25, -0.2) is 9.37 Å². The van der Waals surface area contributed by atoms with Gasteiger partial charge in [0, 0.05) is 18.0 Å². The molecule has 0 atom stereocenters. The summed E-state index contributed by atoms with van der Waals surface area (Å²) < 4.78 is 14.9. The zero-order valence-electron chi connectivity index (χ0n) is 16.1. The van der Waals surface area contributed by atoms with Crippen LogP contribution in [0, 0.1) is 5.82 Å². The van der Waals surface area contributed by atoms with Crippen LogP contribution < -0.4 is 10.9 Å². The molecule has 29 heavy (non-hydrogen) atoms. The lowest BCUT2D eigenvalue weighted by molar-refractivity contribution is -0.119. The third kappa shape index (κ3) is 5.23. The molecule has 0 bridgehead atoms. The first-order valence-corrected chi connectivity index (χ1v) is 10.0. The van der Waals surface area contributed by atoms with Crippen LogP contribution in [-0.4, -0.2) is 27.1 Å². The van der Waals surface area contributed by atoms with Gasteiger partial charge in [0.1, 0.15) is 5.82 Å². The summed E-state index contributed by atoms with van der Waals surface area (Å²) in [6.45, 7) is 4.25. The van der Waals surface area contributed by atoms with Crippen molar-refractivity contribution in [3.8, 4) is 5.69 Å². The van der Waals surface area contributed by atoms with Crippen molar-refractivity contribution >= 4 is 23.6 Å². The van der Waals surface area contributed by atoms with Gasteiger partial charge in [0.2, 0.25) is 5.91 Å². The molecular formula is C21H21FN4O2S. The molecule has 1 aromatic heterocycles. The van der Waals surface area contributed by atoms with Gasteiger partial charge in [-0.2, -0.15) is 0 Å². The highest BCUT2D eigenvalue weighted by atomic mass is 32.2. The first-order chi connectivity index (χ1) is 14.0. The zero-order valence-corrected chi connectivity index (χ0v) is 16.9. The molecule has 2 aromatic carbocycles. The second-order valence-corrected chi connectivity index (χ2v) is 7.53. The first-order valence-electron chi connectivity index (χ1n) is 9.06. The number of benzene rings is 2. The van der Waals surface area contributed by atoms with Crippen LogP contribution in [0.2, 0.25) is 0 Å². The molecule has 2 amide bonds. The van der Waals surface area contributed by atoms with Crippen LogP contribution in [0.25, 0.3) is 5.69 Å². The Morgan fingerprint density at radius 3 is 2.55 bits per heavy atom. The molecule has 2 N–H and O–H groups in total. The van der Waals surface area contributed by atoms with Gasteiger partial charge < -0.3 is 0 Å². The Hall–Kier alpha value is -3.13. The van der Waals surface area contributed by atoms with Crippen LogP contribution in [0.5, 0.6) is 0 Å². The van der Waals surface area contributed by atoms with Crippen molar-refractivity contribution in [2.45, 2.75) is 24.9 Å². The number of aromatic nitrogens is 2. The summed E-state index contributed by atoms with van der Waals surface area (Å²) in [5.41, 5.74) is 7.13. The number of rotatable bonds is 6. The number of amides is 2. The fourth-order valence-electron chi connectivity index (χ4n) is 2.74. The zero-order chi connectivity index (χ0) is 20.8. The third-order valence-corrected chi connectivity index (χ3v) is 5.15. The van der Waals surface area contributed by atoms with E-state index in [0.717, 1.165) is 5.69 Å². The first kappa shape index (κ1) is 20.6. The number of hydrogen-bond acceptors (Lipinski definition) is 4. The standard InChI is InChI=1S/C21H21FN4O2S/c1-14(2)17-5-3-4-6-18(17)26-12-11-23-21(26)29-13-19(27)24-25-20(28)15-7-9-16(22)10-8-15/h3-12,14H,13H2,1-2H3,(H,24,27)(H,25,28). The van der Waals surface area contributed by atoms with Gasteiger partial charge >= 0.3 is 0 Å². The molecule has 0 fully saturated rings. The van der Waals surface area contributed by atoms with E-state index in [1.54, 1.807) is 6.20 Å². The van der Waals surface area contributed by atoms with Gasteiger partial charge in [0.05, 0.1) is 11.4 Å². The number of hydrazine groups is 1. The molecule has 0 saturated carbocycles. The van der Waals surface area contributed by atoms with Gasteiger partial charge in [-0.3, -0.25) is 25.0 Å². The molecule has 3 rings (SSSR count). The van der Waals surface area contributed by atoms with E-state index in [2.05, 4.69) is 35.7 Å². The fraction of sp³-hybridized carbons (Fsp3) is 0.190. The summed E-state index contributed by atoms with van der Waals surface area (Å²) >= 11 is 1.27. The van der Waals surface area contributed by atoms with Gasteiger partial charge in [-0.1, -0.05) is 43.8 Å². The van der Waals surface area contributed by atoms with Crippen LogP contribution in [0.1, 0.15) is 35.7 Å². The van der Waals surface area contributed by atoms with Crippen molar-refractivity contribution in [3.05, 3.63) is 77.9 Å². The molecule has 150 valence electrons. The smallest absolute Gasteiger partial charge is 0.269 e. The number of imidazole rings is 1. The Morgan fingerprint density at radius 2 is 1.83 bits per heavy atom. The molecule has 0 saturated heterocycles. The van der Waals surface area contributed by atoms with Crippen molar-refractivity contribution in [2.75, 3.05) is 5.75 Å². The summed E-state index contributed by atoms with van der Waals surface area (Å²) in [6, 6.07) is 13.1. The van der Waals surface area contributed by atoms with Gasteiger partial charge in [-0.05, 0) is 41.8 Å². The number of para-hydroxylation sites is 1. The predicted octanol–water partition coefficient (Wildman–Crippen LogP) is 3.69. The normalized spacial score (nSPS) is 10.8. The molecule has 0 aliphatic rings. The van der Waals surface area contributed by atoms with E-state index in [-0.39, 0.29) is 17.2 Å². The molecule has 1 heterocycles. The fourth-order valence-corrected chi connectivity index (χ4v) is 3.51. The SMILES string of the molecule is CC(C)c1ccccc1-n1ccnc1SCC(=O)NNC(=O)c1ccc(F)cc1. The summed E-state index contributed by atoms with van der Waals surface area (Å²) in [5, 5.41) is 0.679. The number of halogens is 1. The molecule has 0 spiro atoms. The van der Waals surface area contributed by atoms with E-state index >= 15 is 0 Å². The second-order valence-electron chi connectivity index (χ2n) is 6.59. The number of thioether (sulfide) groups is 1. The molecule has 3 aromatic rings. The average molecular weight is 412 g/mol. The highest BCUT2D eigenvalue weighted by molar-refractivity contribution is 7.99. The molecular weight excluding hydrogens is 391 g/mol. The van der Waals surface area contributed by atoms with E-state index in [0.29, 0.717) is 11.1 Å². The lowest BCUT2D eigenvalue weighted by Gasteiger charge is -2.15. The van der Waals surface area contributed by atoms with Crippen LogP contribution in [0.4, 0.5) is 4.39 Å². The number of carbonyl (C=O) groups excluding carboxylic acids is 2. The van der Waals surface area contributed by atoms with E-state index in [1.165, 1.54) is 41.6 Å². The van der Waals surface area contributed by atoms with Gasteiger partial charge in [0.25, 0.3) is 5.91 Å². The molecule has 8 heteroatoms. The number of carbonyl (C=O) groups is 2. The number of nitrogens with one attached hydrogen (secondary N) is 2. The lowest BCUT2D eigenvalue weighted by atomic mass is 10.0. The van der Waals surface area contributed by atoms with Gasteiger partial charge in [0.15, 0.2) is 5.16 Å². The Labute approximate surface area is 172 Å². The monoisotopic (exact) mass is 412 g/mol. The van der Waals surface area contributed by atoms with Crippen molar-refractivity contribution in [3.63, 3.8) is 0 Å². The minimum Gasteiger partial charge on any atom is -0.295 e. The molecule has 0 aliphatic carbocycles. The summed E-state index contributed by atoms with van der Waals surface area (Å²) in [5.74, 6) is -0.911. The highest BCUT2D eigenvalue weighted by Crippen LogP contribution is 2.27. The van der Waals surface area contributed by atoms with Gasteiger partial charge in [-0.15, -0.1) is 0 Å². The third-order valence-electron chi connectivity index (χ3n) is 4.18. The lowest BCUT2D eigenvalue weighted by Crippen LogP contribution is -2.42. The topological polar surface area (TPSA) is 76.0 Å². The van der Waals surface area contributed by atoms with E-state index < -0.39 is 11.7 Å². The molecule has 0 aliphatic heterocycles. The average Bonchev–Trinajstić information content (AvgIpc) is 3.19. The quantitative estimate of drug-likeness (QED) is 0.478. The highest BCUT2D eigenvalue weighted by Gasteiger charge is 2.14. The van der Waals surface area contributed by atoms with Crippen LogP contribution in [-0.2, 0) is 4.79 Å².